The molecule has 24 heavy (non-hydrogen) atoms. The predicted molar refractivity (Wildman–Crippen MR) is 61.1 cm³/mol. The Bertz CT molecular complexity index is 651. The first-order chi connectivity index (χ1) is 10.6. The van der Waals surface area contributed by atoms with Crippen LogP contribution in [0.4, 0.5) is 48.3 Å². The number of rotatable bonds is 3. The molecule has 0 aromatic heterocycles. The van der Waals surface area contributed by atoms with E-state index in [1.807, 2.05) is 0 Å². The number of halogens is 12. The average molecular weight is 488 g/mol. The van der Waals surface area contributed by atoms with Crippen LogP contribution in [-0.4, -0.2) is 19.9 Å². The number of carbonyl (C=O) groups excluding carboxylic acids is 2. The van der Waals surface area contributed by atoms with Gasteiger partial charge in [-0.2, -0.15) is 0 Å². The zero-order valence-corrected chi connectivity index (χ0v) is 12.5. The van der Waals surface area contributed by atoms with Gasteiger partial charge in [0.05, 0.1) is 0 Å². The first-order valence-electron chi connectivity index (χ1n) is 5.05. The van der Waals surface area contributed by atoms with Crippen molar-refractivity contribution in [3.63, 3.8) is 0 Å². The first-order valence-corrected chi connectivity index (χ1v) is 8.29. The van der Waals surface area contributed by atoms with Gasteiger partial charge >= 0.3 is 130 Å². The quantitative estimate of drug-likeness (QED) is 0.210. The predicted octanol–water partition coefficient (Wildman–Crippen LogP) is 4.24. The van der Waals surface area contributed by atoms with E-state index >= 15 is 0 Å². The van der Waals surface area contributed by atoms with Crippen molar-refractivity contribution in [2.24, 2.45) is 0 Å². The molecule has 0 radical (unpaired) electrons. The van der Waals surface area contributed by atoms with E-state index in [1.165, 1.54) is 0 Å². The van der Waals surface area contributed by atoms with Gasteiger partial charge in [-0.3, -0.25) is 0 Å². The number of hydrogen-bond donors (Lipinski definition) is 0. The second kappa shape index (κ2) is 6.44. The topological polar surface area (TPSA) is 34.1 Å². The monoisotopic (exact) mass is 488 g/mol. The van der Waals surface area contributed by atoms with E-state index in [2.05, 4.69) is 0 Å². The van der Waals surface area contributed by atoms with Crippen molar-refractivity contribution in [1.82, 2.24) is 0 Å². The third-order valence-corrected chi connectivity index (χ3v) is 7.34. The standard InChI is InChI=1S/C10F11IO2/c11-1-2(12)4(14)6(5(15)3(1)13)22(7(23)9(16,17)18)8(24)10(19,20)21. The zero-order valence-electron chi connectivity index (χ0n) is 10.4. The maximum atomic E-state index is 13.4. The molecule has 0 aliphatic carbocycles. The van der Waals surface area contributed by atoms with E-state index in [9.17, 15) is 57.9 Å². The molecule has 0 saturated heterocycles. The van der Waals surface area contributed by atoms with E-state index in [1.54, 1.807) is 0 Å². The summed E-state index contributed by atoms with van der Waals surface area (Å²) in [5, 5.41) is 0. The van der Waals surface area contributed by atoms with Gasteiger partial charge in [-0.1, -0.05) is 0 Å². The van der Waals surface area contributed by atoms with Gasteiger partial charge in [0.25, 0.3) is 0 Å². The Morgan fingerprint density at radius 3 is 1.08 bits per heavy atom. The molecule has 0 aliphatic rings. The fourth-order valence-corrected chi connectivity index (χ4v) is 5.28. The molecule has 1 aromatic rings. The van der Waals surface area contributed by atoms with E-state index in [-0.39, 0.29) is 0 Å². The molecular formula is C10F11IO2. The summed E-state index contributed by atoms with van der Waals surface area (Å²) in [6, 6.07) is 0. The van der Waals surface area contributed by atoms with Gasteiger partial charge in [0.15, 0.2) is 0 Å². The Morgan fingerprint density at radius 2 is 0.833 bits per heavy atom. The summed E-state index contributed by atoms with van der Waals surface area (Å²) >= 11 is -6.34. The van der Waals surface area contributed by atoms with Gasteiger partial charge in [0, 0.05) is 0 Å². The number of hydrogen-bond acceptors (Lipinski definition) is 2. The van der Waals surface area contributed by atoms with Crippen LogP contribution in [0.3, 0.4) is 0 Å². The van der Waals surface area contributed by atoms with Crippen LogP contribution in [0.2, 0.25) is 0 Å². The molecular weight excluding hydrogens is 488 g/mol. The van der Waals surface area contributed by atoms with Crippen molar-refractivity contribution in [3.05, 3.63) is 32.7 Å². The van der Waals surface area contributed by atoms with Crippen LogP contribution in [0.25, 0.3) is 0 Å². The summed E-state index contributed by atoms with van der Waals surface area (Å²) in [5.41, 5.74) is 0. The summed E-state index contributed by atoms with van der Waals surface area (Å²) < 4.78 is 130. The van der Waals surface area contributed by atoms with Gasteiger partial charge in [-0.05, 0) is 0 Å². The summed E-state index contributed by atoms with van der Waals surface area (Å²) in [4.78, 5) is 22.0. The van der Waals surface area contributed by atoms with Gasteiger partial charge < -0.3 is 0 Å². The van der Waals surface area contributed by atoms with Crippen molar-refractivity contribution < 1.29 is 57.9 Å². The van der Waals surface area contributed by atoms with Crippen LogP contribution in [0.15, 0.2) is 0 Å². The SMILES string of the molecule is O=C(I(C(=O)C(F)(F)F)c1c(F)c(F)c(F)c(F)c1F)C(F)(F)F. The van der Waals surface area contributed by atoms with Gasteiger partial charge in [0.2, 0.25) is 0 Å². The molecule has 14 heteroatoms. The molecule has 1 aromatic carbocycles. The minimum atomic E-state index is -6.34. The van der Waals surface area contributed by atoms with Crippen LogP contribution < -0.4 is 0 Å². The van der Waals surface area contributed by atoms with Gasteiger partial charge in [-0.15, -0.1) is 0 Å². The van der Waals surface area contributed by atoms with Gasteiger partial charge in [-0.25, -0.2) is 0 Å². The molecule has 0 spiro atoms. The second-order valence-electron chi connectivity index (χ2n) is 3.71. The van der Waals surface area contributed by atoms with Crippen LogP contribution in [0.1, 0.15) is 0 Å². The molecule has 0 amide bonds. The average Bonchev–Trinajstić information content (AvgIpc) is 2.44. The van der Waals surface area contributed by atoms with Crippen molar-refractivity contribution in [3.8, 4) is 0 Å². The Labute approximate surface area is 131 Å². The molecule has 0 aliphatic heterocycles. The third-order valence-electron chi connectivity index (χ3n) is 2.13. The Balaban J connectivity index is 3.83. The van der Waals surface area contributed by atoms with Crippen LogP contribution in [-0.2, 0) is 9.59 Å². The molecule has 0 heterocycles. The van der Waals surface area contributed by atoms with Crippen LogP contribution >= 0.6 is 19.8 Å². The van der Waals surface area contributed by atoms with Crippen LogP contribution in [0, 0.1) is 32.7 Å². The third kappa shape index (κ3) is 3.61. The Kier molecular flexibility index (Phi) is 5.52. The zero-order chi connectivity index (χ0) is 19.2. The van der Waals surface area contributed by atoms with Crippen molar-refractivity contribution in [2.75, 3.05) is 0 Å². The summed E-state index contributed by atoms with van der Waals surface area (Å²) in [5.74, 6) is -14.8. The normalized spacial score (nSPS) is 13.0. The van der Waals surface area contributed by atoms with E-state index in [4.69, 9.17) is 0 Å². The summed E-state index contributed by atoms with van der Waals surface area (Å²) in [6.45, 7) is 0. The minimum absolute atomic E-state index is 2.68. The second-order valence-corrected chi connectivity index (χ2v) is 8.37. The summed E-state index contributed by atoms with van der Waals surface area (Å²) in [7, 11) is 0. The van der Waals surface area contributed by atoms with Gasteiger partial charge in [0.1, 0.15) is 0 Å². The first kappa shape index (κ1) is 20.6. The molecule has 2 nitrogen and oxygen atoms in total. The fourth-order valence-electron chi connectivity index (χ4n) is 1.21. The number of carbonyl (C=O) groups is 2. The molecule has 1 rings (SSSR count). The maximum absolute atomic E-state index is 13.4. The summed E-state index contributed by atoms with van der Waals surface area (Å²) in [6.07, 6.45) is -12.3. The molecule has 136 valence electrons. The van der Waals surface area contributed by atoms with E-state index in [0.29, 0.717) is 0 Å². The molecule has 0 N–H and O–H groups in total. The van der Waals surface area contributed by atoms with E-state index in [0.717, 1.165) is 0 Å². The van der Waals surface area contributed by atoms with E-state index < -0.39 is 72.4 Å². The van der Waals surface area contributed by atoms with Crippen molar-refractivity contribution in [2.45, 2.75) is 12.4 Å². The molecule has 0 unspecified atom stereocenters. The molecule has 0 atom stereocenters. The number of alkyl halides is 6. The molecule has 0 saturated carbocycles. The Morgan fingerprint density at radius 1 is 0.583 bits per heavy atom. The molecule has 0 fully saturated rings. The number of benzene rings is 1. The van der Waals surface area contributed by atoms with Crippen molar-refractivity contribution >= 4 is 27.4 Å². The van der Waals surface area contributed by atoms with Crippen molar-refractivity contribution in [1.29, 1.82) is 0 Å². The molecule has 0 bridgehead atoms. The van der Waals surface area contributed by atoms with Crippen LogP contribution in [0.5, 0.6) is 0 Å². The Hall–Kier alpha value is -1.48. The fraction of sp³-hybridized carbons (Fsp3) is 0.200.